The Morgan fingerprint density at radius 1 is 0.919 bits per heavy atom. The molecule has 3 aromatic rings. The molecule has 0 spiro atoms. The van der Waals surface area contributed by atoms with Crippen molar-refractivity contribution in [3.05, 3.63) is 89.0 Å². The summed E-state index contributed by atoms with van der Waals surface area (Å²) in [4.78, 5) is 53.5. The Labute approximate surface area is 214 Å². The number of carbonyl (C=O) groups excluding carboxylic acids is 4. The molecule has 0 fully saturated rings. The molecule has 0 aliphatic carbocycles. The third kappa shape index (κ3) is 4.70. The number of amides is 4. The molecule has 4 amide bonds. The molecule has 8 heteroatoms. The van der Waals surface area contributed by atoms with Gasteiger partial charge in [-0.2, -0.15) is 0 Å². The standard InChI is InChI=1S/C29H27N3O5/c1-18-8-3-4-9-20(18)17-32-24-16-21(13-14-25(24)37-19(2)27(32)34)30-26(33)12-7-15-31-28(35)22-10-5-6-11-23(22)29(31)36/h3-6,8-11,13-14,16,19H,7,12,15,17H2,1-2H3,(H,30,33). The average molecular weight is 498 g/mol. The minimum Gasteiger partial charge on any atom is -0.479 e. The Morgan fingerprint density at radius 3 is 2.30 bits per heavy atom. The summed E-state index contributed by atoms with van der Waals surface area (Å²) < 4.78 is 5.80. The average Bonchev–Trinajstić information content (AvgIpc) is 3.13. The van der Waals surface area contributed by atoms with E-state index in [0.29, 0.717) is 41.2 Å². The molecule has 1 N–H and O–H groups in total. The van der Waals surface area contributed by atoms with E-state index in [1.807, 2.05) is 31.2 Å². The molecule has 37 heavy (non-hydrogen) atoms. The molecule has 188 valence electrons. The summed E-state index contributed by atoms with van der Waals surface area (Å²) in [6.07, 6.45) is -0.149. The minimum atomic E-state index is -0.612. The lowest BCUT2D eigenvalue weighted by atomic mass is 10.1. The van der Waals surface area contributed by atoms with Crippen LogP contribution in [0.5, 0.6) is 5.75 Å². The van der Waals surface area contributed by atoms with E-state index >= 15 is 0 Å². The maximum absolute atomic E-state index is 13.0. The lowest BCUT2D eigenvalue weighted by molar-refractivity contribution is -0.125. The number of rotatable bonds is 7. The molecule has 1 unspecified atom stereocenters. The third-order valence-corrected chi connectivity index (χ3v) is 6.70. The molecule has 0 radical (unpaired) electrons. The maximum Gasteiger partial charge on any atom is 0.268 e. The zero-order valence-corrected chi connectivity index (χ0v) is 20.7. The summed E-state index contributed by atoms with van der Waals surface area (Å²) in [5.41, 5.74) is 4.03. The Bertz CT molecular complexity index is 1380. The lowest BCUT2D eigenvalue weighted by Gasteiger charge is -2.33. The second-order valence-corrected chi connectivity index (χ2v) is 9.25. The number of carbonyl (C=O) groups is 4. The smallest absolute Gasteiger partial charge is 0.268 e. The van der Waals surface area contributed by atoms with Crippen molar-refractivity contribution in [3.63, 3.8) is 0 Å². The van der Waals surface area contributed by atoms with Gasteiger partial charge in [0.25, 0.3) is 17.7 Å². The topological polar surface area (TPSA) is 96.0 Å². The highest BCUT2D eigenvalue weighted by Crippen LogP contribution is 2.37. The number of imide groups is 1. The number of ether oxygens (including phenoxy) is 1. The number of aryl methyl sites for hydroxylation is 1. The van der Waals surface area contributed by atoms with Gasteiger partial charge in [-0.1, -0.05) is 36.4 Å². The largest absolute Gasteiger partial charge is 0.479 e. The molecule has 2 aliphatic heterocycles. The van der Waals surface area contributed by atoms with Crippen molar-refractivity contribution in [2.45, 2.75) is 39.3 Å². The number of nitrogens with zero attached hydrogens (tertiary/aromatic N) is 2. The van der Waals surface area contributed by atoms with Gasteiger partial charge in [0.2, 0.25) is 5.91 Å². The van der Waals surface area contributed by atoms with Gasteiger partial charge in [0, 0.05) is 18.7 Å². The normalized spacial score (nSPS) is 16.4. The monoisotopic (exact) mass is 497 g/mol. The first kappa shape index (κ1) is 24.2. The SMILES string of the molecule is Cc1ccccc1CN1C(=O)C(C)Oc2ccc(NC(=O)CCCN3C(=O)c4ccccc4C3=O)cc21. The summed E-state index contributed by atoms with van der Waals surface area (Å²) in [6.45, 7) is 4.28. The molecule has 8 nitrogen and oxygen atoms in total. The summed E-state index contributed by atoms with van der Waals surface area (Å²) in [7, 11) is 0. The van der Waals surface area contributed by atoms with Gasteiger partial charge in [-0.3, -0.25) is 24.1 Å². The Morgan fingerprint density at radius 2 is 1.59 bits per heavy atom. The van der Waals surface area contributed by atoms with Crippen molar-refractivity contribution in [1.29, 1.82) is 0 Å². The zero-order chi connectivity index (χ0) is 26.1. The Balaban J connectivity index is 1.24. The number of anilines is 2. The maximum atomic E-state index is 13.0. The van der Waals surface area contributed by atoms with Crippen LogP contribution in [0.4, 0.5) is 11.4 Å². The fourth-order valence-electron chi connectivity index (χ4n) is 4.67. The van der Waals surface area contributed by atoms with E-state index < -0.39 is 6.10 Å². The zero-order valence-electron chi connectivity index (χ0n) is 20.7. The van der Waals surface area contributed by atoms with Crippen molar-refractivity contribution in [1.82, 2.24) is 4.90 Å². The van der Waals surface area contributed by atoms with E-state index in [1.54, 1.807) is 54.3 Å². The van der Waals surface area contributed by atoms with Crippen molar-refractivity contribution >= 4 is 35.0 Å². The number of benzene rings is 3. The van der Waals surface area contributed by atoms with Crippen LogP contribution in [-0.2, 0) is 16.1 Å². The van der Waals surface area contributed by atoms with Crippen molar-refractivity contribution in [2.75, 3.05) is 16.8 Å². The molecule has 0 saturated heterocycles. The van der Waals surface area contributed by atoms with E-state index in [0.717, 1.165) is 11.1 Å². The molecular formula is C29H27N3O5. The van der Waals surface area contributed by atoms with Gasteiger partial charge < -0.3 is 15.0 Å². The predicted molar refractivity (Wildman–Crippen MR) is 139 cm³/mol. The highest BCUT2D eigenvalue weighted by molar-refractivity contribution is 6.21. The van der Waals surface area contributed by atoms with Gasteiger partial charge in [-0.15, -0.1) is 0 Å². The van der Waals surface area contributed by atoms with E-state index in [1.165, 1.54) is 4.90 Å². The number of nitrogens with one attached hydrogen (secondary N) is 1. The number of fused-ring (bicyclic) bond motifs is 2. The van der Waals surface area contributed by atoms with E-state index in [9.17, 15) is 19.2 Å². The molecule has 1 atom stereocenters. The molecule has 3 aromatic carbocycles. The van der Waals surface area contributed by atoms with Crippen molar-refractivity contribution in [2.24, 2.45) is 0 Å². The molecule has 2 aliphatic rings. The van der Waals surface area contributed by atoms with Gasteiger partial charge >= 0.3 is 0 Å². The summed E-state index contributed by atoms with van der Waals surface area (Å²) in [6, 6.07) is 19.8. The molecule has 0 bridgehead atoms. The van der Waals surface area contributed by atoms with Crippen LogP contribution in [0.3, 0.4) is 0 Å². The highest BCUT2D eigenvalue weighted by Gasteiger charge is 2.35. The highest BCUT2D eigenvalue weighted by atomic mass is 16.5. The molecule has 5 rings (SSSR count). The van der Waals surface area contributed by atoms with Crippen LogP contribution in [-0.4, -0.2) is 41.2 Å². The second kappa shape index (κ2) is 9.89. The van der Waals surface area contributed by atoms with E-state index in [-0.39, 0.29) is 36.6 Å². The third-order valence-electron chi connectivity index (χ3n) is 6.70. The Hall–Kier alpha value is -4.46. The Kier molecular flexibility index (Phi) is 6.48. The van der Waals surface area contributed by atoms with Crippen LogP contribution >= 0.6 is 0 Å². The van der Waals surface area contributed by atoms with Crippen LogP contribution in [0.15, 0.2) is 66.7 Å². The first-order valence-corrected chi connectivity index (χ1v) is 12.2. The van der Waals surface area contributed by atoms with Crippen molar-refractivity contribution in [3.8, 4) is 5.75 Å². The predicted octanol–water partition coefficient (Wildman–Crippen LogP) is 4.32. The fourth-order valence-corrected chi connectivity index (χ4v) is 4.67. The van der Waals surface area contributed by atoms with Gasteiger partial charge in [-0.05, 0) is 61.7 Å². The first-order valence-electron chi connectivity index (χ1n) is 12.2. The van der Waals surface area contributed by atoms with Crippen LogP contribution in [0.25, 0.3) is 0 Å². The van der Waals surface area contributed by atoms with E-state index in [4.69, 9.17) is 4.74 Å². The first-order chi connectivity index (χ1) is 17.8. The quantitative estimate of drug-likeness (QED) is 0.491. The number of hydrogen-bond acceptors (Lipinski definition) is 5. The van der Waals surface area contributed by atoms with Crippen LogP contribution in [0, 0.1) is 6.92 Å². The van der Waals surface area contributed by atoms with Crippen LogP contribution in [0.1, 0.15) is 51.6 Å². The van der Waals surface area contributed by atoms with Crippen molar-refractivity contribution < 1.29 is 23.9 Å². The number of hydrogen-bond donors (Lipinski definition) is 1. The van der Waals surface area contributed by atoms with Crippen LogP contribution in [0.2, 0.25) is 0 Å². The fraction of sp³-hybridized carbons (Fsp3) is 0.241. The second-order valence-electron chi connectivity index (χ2n) is 9.25. The van der Waals surface area contributed by atoms with Gasteiger partial charge in [0.05, 0.1) is 23.4 Å². The summed E-state index contributed by atoms with van der Waals surface area (Å²) in [5, 5.41) is 2.86. The van der Waals surface area contributed by atoms with Gasteiger partial charge in [-0.25, -0.2) is 0 Å². The molecule has 2 heterocycles. The summed E-state index contributed by atoms with van der Waals surface area (Å²) >= 11 is 0. The molecular weight excluding hydrogens is 470 g/mol. The lowest BCUT2D eigenvalue weighted by Crippen LogP contribution is -2.44. The van der Waals surface area contributed by atoms with Gasteiger partial charge in [0.1, 0.15) is 5.75 Å². The summed E-state index contributed by atoms with van der Waals surface area (Å²) in [5.74, 6) is -0.491. The van der Waals surface area contributed by atoms with E-state index in [2.05, 4.69) is 5.32 Å². The van der Waals surface area contributed by atoms with Gasteiger partial charge in [0.15, 0.2) is 6.10 Å². The molecule has 0 saturated carbocycles. The minimum absolute atomic E-state index is 0.129. The van der Waals surface area contributed by atoms with Crippen LogP contribution < -0.4 is 15.0 Å². The molecule has 0 aromatic heterocycles.